The summed E-state index contributed by atoms with van der Waals surface area (Å²) in [6.45, 7) is 0.232. The number of Topliss-reactive ketones (excluding diaryl/α,β-unsaturated/α-hetero) is 1. The number of H-pyrrole nitrogens is 1. The van der Waals surface area contributed by atoms with Crippen LogP contribution in [0.5, 0.6) is 0 Å². The number of hydrogen-bond acceptors (Lipinski definition) is 16. The summed E-state index contributed by atoms with van der Waals surface area (Å²) in [6, 6.07) is 0. The van der Waals surface area contributed by atoms with Crippen LogP contribution in [0.15, 0.2) is 11.1 Å². The zero-order valence-electron chi connectivity index (χ0n) is 19.1. The first-order chi connectivity index (χ1) is 17.6. The van der Waals surface area contributed by atoms with Crippen LogP contribution < -0.4 is 11.3 Å². The van der Waals surface area contributed by atoms with Crippen molar-refractivity contribution < 1.29 is 67.0 Å². The number of hydrogen-bond donors (Lipinski definition) is 8. The summed E-state index contributed by atoms with van der Waals surface area (Å²) in [7, 11) is -11.0. The standard InChI is InChI=1S/C16H23N5O15P2/c1-4-7(22)9(24)11(26)15(33-4)35-38(30,31)36-37(28,29)32-2-5-8(23)10(25)14(34-5)21-3-18-6-12(21)19-16(17)20-13(6)27/h3-5,7-10,14-15,22-25H,2H2,1H3,(H,28,29)(H,30,31)(H3,17,19,20,27). The van der Waals surface area contributed by atoms with Gasteiger partial charge in [0.25, 0.3) is 5.56 Å². The number of aromatic amines is 1. The predicted octanol–water partition coefficient (Wildman–Crippen LogP) is -3.39. The van der Waals surface area contributed by atoms with Crippen LogP contribution in [0.2, 0.25) is 0 Å². The first-order valence-corrected chi connectivity index (χ1v) is 13.6. The van der Waals surface area contributed by atoms with Crippen molar-refractivity contribution in [1.29, 1.82) is 0 Å². The van der Waals surface area contributed by atoms with Crippen LogP contribution in [0.3, 0.4) is 0 Å². The second kappa shape index (κ2) is 10.4. The van der Waals surface area contributed by atoms with E-state index in [0.29, 0.717) is 0 Å². The number of ether oxygens (including phenoxy) is 2. The highest BCUT2D eigenvalue weighted by Crippen LogP contribution is 2.61. The van der Waals surface area contributed by atoms with E-state index in [1.807, 2.05) is 0 Å². The summed E-state index contributed by atoms with van der Waals surface area (Å²) >= 11 is 0. The Labute approximate surface area is 210 Å². The number of carbonyl (C=O) groups is 1. The molecule has 10 unspecified atom stereocenters. The lowest BCUT2D eigenvalue weighted by molar-refractivity contribution is -0.213. The number of rotatable bonds is 8. The fraction of sp³-hybridized carbons (Fsp3) is 0.625. The Morgan fingerprint density at radius 2 is 1.79 bits per heavy atom. The first-order valence-electron chi connectivity index (χ1n) is 10.6. The van der Waals surface area contributed by atoms with Gasteiger partial charge in [-0.05, 0) is 6.92 Å². The average molecular weight is 587 g/mol. The third-order valence-electron chi connectivity index (χ3n) is 5.57. The monoisotopic (exact) mass is 587 g/mol. The van der Waals surface area contributed by atoms with Crippen molar-refractivity contribution >= 4 is 38.5 Å². The third-order valence-corrected chi connectivity index (χ3v) is 8.15. The van der Waals surface area contributed by atoms with Gasteiger partial charge in [-0.15, -0.1) is 0 Å². The molecule has 38 heavy (non-hydrogen) atoms. The summed E-state index contributed by atoms with van der Waals surface area (Å²) in [5, 5.41) is 40.0. The van der Waals surface area contributed by atoms with Crippen molar-refractivity contribution in [3.63, 3.8) is 0 Å². The molecule has 0 bridgehead atoms. The molecule has 10 atom stereocenters. The number of nitrogens with one attached hydrogen (secondary N) is 1. The maximum absolute atomic E-state index is 12.2. The lowest BCUT2D eigenvalue weighted by atomic mass is 10.0. The average Bonchev–Trinajstić information content (AvgIpc) is 3.35. The molecule has 2 aromatic rings. The Kier molecular flexibility index (Phi) is 7.92. The molecule has 9 N–H and O–H groups in total. The van der Waals surface area contributed by atoms with Crippen LogP contribution in [0.1, 0.15) is 13.2 Å². The Morgan fingerprint density at radius 3 is 2.47 bits per heavy atom. The number of ketones is 1. The number of nitrogens with two attached hydrogens (primary N) is 1. The second-order valence-corrected chi connectivity index (χ2v) is 11.2. The van der Waals surface area contributed by atoms with Crippen LogP contribution >= 0.6 is 15.6 Å². The lowest BCUT2D eigenvalue weighted by Crippen LogP contribution is -2.54. The zero-order chi connectivity index (χ0) is 28.2. The molecule has 20 nitrogen and oxygen atoms in total. The number of aromatic nitrogens is 4. The molecule has 4 heterocycles. The van der Waals surface area contributed by atoms with E-state index < -0.39 is 82.7 Å². The fourth-order valence-corrected chi connectivity index (χ4v) is 5.79. The van der Waals surface area contributed by atoms with E-state index in [1.165, 1.54) is 6.92 Å². The number of nitrogen functional groups attached to an aromatic ring is 1. The number of anilines is 1. The molecule has 2 fully saturated rings. The van der Waals surface area contributed by atoms with Crippen LogP contribution in [0, 0.1) is 0 Å². The van der Waals surface area contributed by atoms with Gasteiger partial charge < -0.3 is 45.4 Å². The van der Waals surface area contributed by atoms with Gasteiger partial charge in [-0.1, -0.05) is 0 Å². The van der Waals surface area contributed by atoms with Crippen molar-refractivity contribution in [2.75, 3.05) is 12.3 Å². The fourth-order valence-electron chi connectivity index (χ4n) is 3.67. The van der Waals surface area contributed by atoms with Gasteiger partial charge in [0.2, 0.25) is 18.0 Å². The van der Waals surface area contributed by atoms with Crippen LogP contribution in [-0.4, -0.2) is 105 Å². The smallest absolute Gasteiger partial charge is 0.387 e. The minimum atomic E-state index is -5.56. The molecule has 0 radical (unpaired) electrons. The van der Waals surface area contributed by atoms with Crippen molar-refractivity contribution in [2.45, 2.75) is 56.1 Å². The maximum atomic E-state index is 12.2. The Hall–Kier alpha value is -2.16. The van der Waals surface area contributed by atoms with Crippen LogP contribution in [-0.2, 0) is 36.8 Å². The van der Waals surface area contributed by atoms with Crippen molar-refractivity contribution in [2.24, 2.45) is 0 Å². The quantitative estimate of drug-likeness (QED) is 0.140. The number of aliphatic hydroxyl groups is 4. The number of phosphoric ester groups is 2. The number of carbonyl (C=O) groups excluding carboxylic acids is 1. The molecule has 2 aliphatic rings. The van der Waals surface area contributed by atoms with E-state index in [2.05, 4.69) is 28.3 Å². The molecule has 2 aromatic heterocycles. The number of fused-ring (bicyclic) bond motifs is 1. The summed E-state index contributed by atoms with van der Waals surface area (Å²) in [6.07, 6.45) is -12.4. The van der Waals surface area contributed by atoms with Gasteiger partial charge in [-0.25, -0.2) is 18.6 Å². The van der Waals surface area contributed by atoms with Crippen molar-refractivity contribution in [3.8, 4) is 0 Å². The lowest BCUT2D eigenvalue weighted by Gasteiger charge is -2.34. The van der Waals surface area contributed by atoms with E-state index in [1.54, 1.807) is 0 Å². The molecular formula is C16H23N5O15P2. The number of imidazole rings is 1. The molecule has 4 rings (SSSR count). The van der Waals surface area contributed by atoms with E-state index in [4.69, 9.17) is 15.2 Å². The predicted molar refractivity (Wildman–Crippen MR) is 118 cm³/mol. The van der Waals surface area contributed by atoms with Crippen LogP contribution in [0.4, 0.5) is 5.95 Å². The summed E-state index contributed by atoms with van der Waals surface area (Å²) in [4.78, 5) is 53.5. The van der Waals surface area contributed by atoms with Gasteiger partial charge in [0.1, 0.15) is 30.5 Å². The zero-order valence-corrected chi connectivity index (χ0v) is 20.9. The molecule has 0 aromatic carbocycles. The number of phosphoric acid groups is 2. The Morgan fingerprint density at radius 1 is 1.11 bits per heavy atom. The molecule has 0 spiro atoms. The number of nitrogens with zero attached hydrogens (tertiary/aromatic N) is 3. The molecule has 0 amide bonds. The molecule has 212 valence electrons. The molecule has 0 saturated carbocycles. The van der Waals surface area contributed by atoms with Gasteiger partial charge in [-0.2, -0.15) is 9.29 Å². The van der Waals surface area contributed by atoms with E-state index >= 15 is 0 Å². The largest absolute Gasteiger partial charge is 0.483 e. The first kappa shape index (κ1) is 28.8. The van der Waals surface area contributed by atoms with E-state index in [9.17, 15) is 48.9 Å². The summed E-state index contributed by atoms with van der Waals surface area (Å²) in [5.41, 5.74) is 4.56. The highest BCUT2D eigenvalue weighted by molar-refractivity contribution is 7.61. The maximum Gasteiger partial charge on any atom is 0.483 e. The highest BCUT2D eigenvalue weighted by Gasteiger charge is 2.49. The number of aliphatic hydroxyl groups excluding tert-OH is 4. The van der Waals surface area contributed by atoms with Crippen molar-refractivity contribution in [1.82, 2.24) is 19.5 Å². The molecule has 22 heteroatoms. The molecule has 2 aliphatic heterocycles. The van der Waals surface area contributed by atoms with Crippen molar-refractivity contribution in [3.05, 3.63) is 16.7 Å². The van der Waals surface area contributed by atoms with E-state index in [-0.39, 0.29) is 17.1 Å². The molecule has 2 saturated heterocycles. The molecular weight excluding hydrogens is 564 g/mol. The Bertz CT molecular complexity index is 1370. The summed E-state index contributed by atoms with van der Waals surface area (Å²) < 4.78 is 48.9. The second-order valence-electron chi connectivity index (χ2n) is 8.25. The topological polar surface area (TPSA) is 308 Å². The minimum Gasteiger partial charge on any atom is -0.387 e. The molecule has 0 aliphatic carbocycles. The van der Waals surface area contributed by atoms with E-state index in [0.717, 1.165) is 10.9 Å². The van der Waals surface area contributed by atoms with Gasteiger partial charge in [0.15, 0.2) is 17.4 Å². The Balaban J connectivity index is 1.40. The normalized spacial score (nSPS) is 35.3. The highest BCUT2D eigenvalue weighted by atomic mass is 31.3. The minimum absolute atomic E-state index is 0.106. The van der Waals surface area contributed by atoms with Gasteiger partial charge >= 0.3 is 15.6 Å². The van der Waals surface area contributed by atoms with Gasteiger partial charge in [0.05, 0.1) is 19.0 Å². The van der Waals surface area contributed by atoms with Gasteiger partial charge in [-0.3, -0.25) is 23.7 Å². The van der Waals surface area contributed by atoms with Gasteiger partial charge in [0, 0.05) is 0 Å². The third kappa shape index (κ3) is 5.73. The summed E-state index contributed by atoms with van der Waals surface area (Å²) in [5.74, 6) is -1.62. The van der Waals surface area contributed by atoms with Crippen LogP contribution in [0.25, 0.3) is 11.2 Å². The SMILES string of the molecule is CC1OC(OP(=O)(O)OP(=O)(O)OCC2OC(n3cnc4c(=O)[nH]c(N)nc43)C(O)C2O)C(=O)C(O)C1O.